The van der Waals surface area contributed by atoms with Gasteiger partial charge in [-0.1, -0.05) is 44.0 Å². The number of thioether (sulfide) groups is 1. The van der Waals surface area contributed by atoms with Crippen molar-refractivity contribution in [1.82, 2.24) is 0 Å². The minimum absolute atomic E-state index is 0.00480. The molecule has 1 saturated heterocycles. The summed E-state index contributed by atoms with van der Waals surface area (Å²) in [4.78, 5) is 15.6. The second-order valence-corrected chi connectivity index (χ2v) is 12.9. The number of fused-ring (bicyclic) bond motifs is 2. The lowest BCUT2D eigenvalue weighted by Crippen LogP contribution is -2.32. The standard InChI is InChI=1S/C30H27Cl2N3O3S/c1-29(2)18-10-11-30(29,3)26(14-18)33-34-28-35(21-4-6-22(36)7-5-21)27(37)25(39-28)16-23-8-9-24(38-23)17-12-19(31)15-20(32)13-17/h4-9,12-13,15-16,18,36H,10-11,14H2,1-3H3/b25-16-,33-26+,34-28+. The van der Waals surface area contributed by atoms with E-state index in [2.05, 4.69) is 25.9 Å². The van der Waals surface area contributed by atoms with Crippen molar-refractivity contribution in [3.8, 4) is 17.1 Å². The van der Waals surface area contributed by atoms with E-state index >= 15 is 0 Å². The summed E-state index contributed by atoms with van der Waals surface area (Å²) in [5.41, 5.74) is 2.62. The summed E-state index contributed by atoms with van der Waals surface area (Å²) in [6.07, 6.45) is 4.95. The van der Waals surface area contributed by atoms with E-state index in [0.717, 1.165) is 24.1 Å². The van der Waals surface area contributed by atoms with Gasteiger partial charge in [-0.3, -0.25) is 9.69 Å². The van der Waals surface area contributed by atoms with Crippen LogP contribution in [0.3, 0.4) is 0 Å². The van der Waals surface area contributed by atoms with Crippen molar-refractivity contribution >= 4 is 63.5 Å². The predicted octanol–water partition coefficient (Wildman–Crippen LogP) is 8.64. The smallest absolute Gasteiger partial charge is 0.271 e. The van der Waals surface area contributed by atoms with Crippen molar-refractivity contribution < 1.29 is 14.3 Å². The molecule has 3 aromatic rings. The molecule has 2 aromatic carbocycles. The third-order valence-electron chi connectivity index (χ3n) is 8.73. The topological polar surface area (TPSA) is 78.4 Å². The number of rotatable bonds is 4. The van der Waals surface area contributed by atoms with Gasteiger partial charge in [0, 0.05) is 32.8 Å². The molecule has 39 heavy (non-hydrogen) atoms. The van der Waals surface area contributed by atoms with E-state index in [9.17, 15) is 9.90 Å². The molecule has 200 valence electrons. The number of furan rings is 1. The van der Waals surface area contributed by atoms with Crippen molar-refractivity contribution in [2.75, 3.05) is 4.90 Å². The Morgan fingerprint density at radius 2 is 1.77 bits per heavy atom. The number of aromatic hydroxyl groups is 1. The number of carbonyl (C=O) groups is 1. The van der Waals surface area contributed by atoms with E-state index in [-0.39, 0.29) is 22.5 Å². The molecular formula is C30H27Cl2N3O3S. The molecule has 1 amide bonds. The number of anilines is 1. The molecule has 2 unspecified atom stereocenters. The zero-order chi connectivity index (χ0) is 27.5. The van der Waals surface area contributed by atoms with Gasteiger partial charge in [-0.2, -0.15) is 5.10 Å². The second kappa shape index (κ2) is 9.58. The number of phenolic OH excluding ortho intramolecular Hbond substituents is 1. The maximum atomic E-state index is 13.6. The lowest BCUT2D eigenvalue weighted by atomic mass is 9.70. The van der Waals surface area contributed by atoms with E-state index in [4.69, 9.17) is 32.7 Å². The second-order valence-electron chi connectivity index (χ2n) is 11.1. The van der Waals surface area contributed by atoms with E-state index in [1.54, 1.807) is 54.6 Å². The van der Waals surface area contributed by atoms with Crippen LogP contribution in [0.4, 0.5) is 5.69 Å². The molecule has 2 heterocycles. The summed E-state index contributed by atoms with van der Waals surface area (Å²) >= 11 is 13.6. The van der Waals surface area contributed by atoms with Crippen LogP contribution in [0.1, 0.15) is 45.8 Å². The molecular weight excluding hydrogens is 553 g/mol. The van der Waals surface area contributed by atoms with Crippen molar-refractivity contribution in [1.29, 1.82) is 0 Å². The highest BCUT2D eigenvalue weighted by Crippen LogP contribution is 2.64. The van der Waals surface area contributed by atoms with Gasteiger partial charge in [-0.25, -0.2) is 0 Å². The molecule has 9 heteroatoms. The summed E-state index contributed by atoms with van der Waals surface area (Å²) in [6, 6.07) is 15.3. The molecule has 2 aliphatic carbocycles. The summed E-state index contributed by atoms with van der Waals surface area (Å²) in [7, 11) is 0. The van der Waals surface area contributed by atoms with Crippen molar-refractivity contribution in [2.24, 2.45) is 27.0 Å². The van der Waals surface area contributed by atoms with Gasteiger partial charge in [0.2, 0.25) is 5.17 Å². The van der Waals surface area contributed by atoms with Crippen LogP contribution in [0.25, 0.3) is 17.4 Å². The third-order valence-corrected chi connectivity index (χ3v) is 10.1. The minimum Gasteiger partial charge on any atom is -0.508 e. The monoisotopic (exact) mass is 579 g/mol. The molecule has 1 aliphatic heterocycles. The summed E-state index contributed by atoms with van der Waals surface area (Å²) in [5.74, 6) is 1.58. The Balaban J connectivity index is 1.35. The normalized spacial score (nSPS) is 27.0. The number of hydrogen-bond donors (Lipinski definition) is 1. The molecule has 6 nitrogen and oxygen atoms in total. The number of amides is 1. The average Bonchev–Trinajstić information content (AvgIpc) is 3.58. The minimum atomic E-state index is -0.243. The molecule has 3 aliphatic rings. The van der Waals surface area contributed by atoms with Crippen LogP contribution < -0.4 is 4.90 Å². The van der Waals surface area contributed by atoms with Crippen LogP contribution in [0, 0.1) is 16.7 Å². The molecule has 1 N–H and O–H groups in total. The van der Waals surface area contributed by atoms with Crippen LogP contribution in [-0.4, -0.2) is 21.9 Å². The lowest BCUT2D eigenvalue weighted by Gasteiger charge is -2.34. The first-order valence-electron chi connectivity index (χ1n) is 12.8. The zero-order valence-electron chi connectivity index (χ0n) is 21.7. The van der Waals surface area contributed by atoms with Crippen LogP contribution in [0.15, 0.2) is 74.1 Å². The highest BCUT2D eigenvalue weighted by Gasteiger charge is 2.60. The first-order valence-corrected chi connectivity index (χ1v) is 14.4. The number of benzene rings is 2. The first kappa shape index (κ1) is 26.2. The maximum Gasteiger partial charge on any atom is 0.271 e. The van der Waals surface area contributed by atoms with Gasteiger partial charge in [-0.05, 0) is 97.0 Å². The van der Waals surface area contributed by atoms with Crippen molar-refractivity contribution in [3.05, 3.63) is 75.3 Å². The van der Waals surface area contributed by atoms with Gasteiger partial charge in [0.1, 0.15) is 17.3 Å². The maximum absolute atomic E-state index is 13.6. The number of nitrogens with zero attached hydrogens (tertiary/aromatic N) is 3. The van der Waals surface area contributed by atoms with Gasteiger partial charge in [0.25, 0.3) is 5.91 Å². The third kappa shape index (κ3) is 4.50. The first-order chi connectivity index (χ1) is 18.5. The van der Waals surface area contributed by atoms with E-state index in [1.807, 2.05) is 6.07 Å². The highest BCUT2D eigenvalue weighted by atomic mass is 35.5. The molecule has 2 atom stereocenters. The summed E-state index contributed by atoms with van der Waals surface area (Å²) < 4.78 is 6.01. The van der Waals surface area contributed by atoms with Crippen LogP contribution in [-0.2, 0) is 4.79 Å². The van der Waals surface area contributed by atoms with Gasteiger partial charge in [-0.15, -0.1) is 5.10 Å². The van der Waals surface area contributed by atoms with Crippen LogP contribution in [0.2, 0.25) is 10.0 Å². The SMILES string of the molecule is CC12CCC(C/C1=N\N=C1\S/C(=C\c3ccc(-c4cc(Cl)cc(Cl)c4)o3)C(=O)N1c1ccc(O)cc1)C2(C)C. The Morgan fingerprint density at radius 3 is 2.41 bits per heavy atom. The lowest BCUT2D eigenvalue weighted by molar-refractivity contribution is -0.113. The molecule has 3 fully saturated rings. The Bertz CT molecular complexity index is 1550. The summed E-state index contributed by atoms with van der Waals surface area (Å²) in [6.45, 7) is 6.94. The molecule has 1 aromatic heterocycles. The van der Waals surface area contributed by atoms with Crippen LogP contribution in [0.5, 0.6) is 5.75 Å². The Labute approximate surface area is 241 Å². The molecule has 0 spiro atoms. The predicted molar refractivity (Wildman–Crippen MR) is 159 cm³/mol. The fraction of sp³-hybridized carbons (Fsp3) is 0.300. The quantitative estimate of drug-likeness (QED) is 0.248. The number of phenols is 1. The highest BCUT2D eigenvalue weighted by molar-refractivity contribution is 8.19. The van der Waals surface area contributed by atoms with E-state index in [1.165, 1.54) is 23.1 Å². The largest absolute Gasteiger partial charge is 0.508 e. The Morgan fingerprint density at radius 1 is 1.05 bits per heavy atom. The fourth-order valence-corrected chi connectivity index (χ4v) is 7.40. The fourth-order valence-electron chi connectivity index (χ4n) is 5.96. The Kier molecular flexibility index (Phi) is 6.44. The van der Waals surface area contributed by atoms with E-state index < -0.39 is 0 Å². The number of carbonyl (C=O) groups excluding carboxylic acids is 1. The van der Waals surface area contributed by atoms with Gasteiger partial charge in [0.15, 0.2) is 0 Å². The molecule has 0 radical (unpaired) electrons. The van der Waals surface area contributed by atoms with Crippen LogP contribution >= 0.6 is 35.0 Å². The average molecular weight is 581 g/mol. The molecule has 6 rings (SSSR count). The van der Waals surface area contributed by atoms with Crippen molar-refractivity contribution in [2.45, 2.75) is 40.0 Å². The zero-order valence-corrected chi connectivity index (χ0v) is 24.1. The van der Waals surface area contributed by atoms with Gasteiger partial charge < -0.3 is 9.52 Å². The summed E-state index contributed by atoms with van der Waals surface area (Å²) in [5, 5.41) is 20.7. The number of halogens is 2. The molecule has 2 bridgehead atoms. The number of amidine groups is 1. The van der Waals surface area contributed by atoms with E-state index in [0.29, 0.717) is 43.2 Å². The van der Waals surface area contributed by atoms with Gasteiger partial charge >= 0.3 is 0 Å². The number of hydrogen-bond acceptors (Lipinski definition) is 6. The molecule has 2 saturated carbocycles. The Hall–Kier alpha value is -3.00. The van der Waals surface area contributed by atoms with Crippen molar-refractivity contribution in [3.63, 3.8) is 0 Å². The van der Waals surface area contributed by atoms with Gasteiger partial charge in [0.05, 0.1) is 10.6 Å².